The number of hydrogen-bond donors (Lipinski definition) is 2. The molecular formula is C13H12ClF3N4O2. The van der Waals surface area contributed by atoms with Crippen LogP contribution in [0.25, 0.3) is 11.4 Å². The van der Waals surface area contributed by atoms with E-state index in [1.807, 2.05) is 0 Å². The average Bonchev–Trinajstić information content (AvgIpc) is 3.02. The van der Waals surface area contributed by atoms with E-state index in [9.17, 15) is 18.0 Å². The summed E-state index contributed by atoms with van der Waals surface area (Å²) in [6.07, 6.45) is -3.40. The number of rotatable bonds is 3. The predicted octanol–water partition coefficient (Wildman–Crippen LogP) is 2.61. The number of benzene rings is 1. The van der Waals surface area contributed by atoms with Gasteiger partial charge in [-0.3, -0.25) is 4.79 Å². The van der Waals surface area contributed by atoms with Crippen LogP contribution in [0.5, 0.6) is 0 Å². The van der Waals surface area contributed by atoms with Gasteiger partial charge in [-0.25, -0.2) is 0 Å². The number of halogens is 4. The van der Waals surface area contributed by atoms with Gasteiger partial charge in [0.05, 0.1) is 5.54 Å². The van der Waals surface area contributed by atoms with Crippen molar-refractivity contribution in [1.29, 1.82) is 0 Å². The highest BCUT2D eigenvalue weighted by Crippen LogP contribution is 2.33. The third-order valence-corrected chi connectivity index (χ3v) is 3.31. The molecule has 0 bridgehead atoms. The van der Waals surface area contributed by atoms with Crippen LogP contribution >= 0.6 is 12.4 Å². The summed E-state index contributed by atoms with van der Waals surface area (Å²) >= 11 is 0. The zero-order valence-electron chi connectivity index (χ0n) is 11.6. The van der Waals surface area contributed by atoms with Crippen LogP contribution in [0.15, 0.2) is 28.8 Å². The molecular weight excluding hydrogens is 337 g/mol. The Labute approximate surface area is 134 Å². The highest BCUT2D eigenvalue weighted by atomic mass is 35.5. The molecule has 0 atom stereocenters. The zero-order chi connectivity index (χ0) is 16.0. The molecule has 0 radical (unpaired) electrons. The van der Waals surface area contributed by atoms with Gasteiger partial charge in [-0.1, -0.05) is 5.16 Å². The number of nitrogens with zero attached hydrogens (tertiary/aromatic N) is 2. The normalized spacial score (nSPS) is 15.7. The number of carbonyl (C=O) groups is 1. The molecule has 6 nitrogen and oxygen atoms in total. The van der Waals surface area contributed by atoms with Gasteiger partial charge in [0.25, 0.3) is 0 Å². The van der Waals surface area contributed by atoms with Crippen molar-refractivity contribution in [2.75, 3.05) is 5.32 Å². The first-order chi connectivity index (χ1) is 10.3. The molecule has 1 aromatic carbocycles. The summed E-state index contributed by atoms with van der Waals surface area (Å²) in [6, 6.07) is 6.03. The highest BCUT2D eigenvalue weighted by molar-refractivity contribution is 6.00. The topological polar surface area (TPSA) is 94.0 Å². The Morgan fingerprint density at radius 3 is 2.35 bits per heavy atom. The average molecular weight is 349 g/mol. The number of nitrogens with one attached hydrogen (secondary N) is 1. The maximum absolute atomic E-state index is 12.4. The Morgan fingerprint density at radius 2 is 1.87 bits per heavy atom. The van der Waals surface area contributed by atoms with E-state index in [1.165, 1.54) is 24.3 Å². The molecule has 1 amide bonds. The molecule has 2 aromatic rings. The maximum atomic E-state index is 12.4. The summed E-state index contributed by atoms with van der Waals surface area (Å²) in [7, 11) is 0. The number of amides is 1. The monoisotopic (exact) mass is 348 g/mol. The summed E-state index contributed by atoms with van der Waals surface area (Å²) in [5, 5.41) is 5.92. The molecule has 1 aromatic heterocycles. The lowest BCUT2D eigenvalue weighted by molar-refractivity contribution is -0.159. The maximum Gasteiger partial charge on any atom is 0.471 e. The molecule has 1 saturated carbocycles. The van der Waals surface area contributed by atoms with Gasteiger partial charge in [-0.15, -0.1) is 12.4 Å². The van der Waals surface area contributed by atoms with Gasteiger partial charge >= 0.3 is 12.1 Å². The van der Waals surface area contributed by atoms with Crippen molar-refractivity contribution in [2.45, 2.75) is 24.6 Å². The molecule has 1 aliphatic rings. The van der Waals surface area contributed by atoms with Crippen molar-refractivity contribution in [3.8, 4) is 11.4 Å². The molecule has 0 saturated heterocycles. The van der Waals surface area contributed by atoms with Crippen LogP contribution in [0.3, 0.4) is 0 Å². The molecule has 124 valence electrons. The van der Waals surface area contributed by atoms with Crippen molar-refractivity contribution in [3.05, 3.63) is 30.2 Å². The smallest absolute Gasteiger partial charge is 0.329 e. The molecule has 3 rings (SSSR count). The first kappa shape index (κ1) is 17.2. The highest BCUT2D eigenvalue weighted by Gasteiger charge is 2.45. The van der Waals surface area contributed by atoms with E-state index < -0.39 is 17.6 Å². The standard InChI is InChI=1S/C13H11F3N4O2.ClH/c14-13(15,16)11-19-9(20-22-11)7-1-3-8(4-2-7)18-10(21)12(17)5-6-12;/h1-4H,5-6,17H2,(H,18,21);1H. The SMILES string of the molecule is Cl.NC1(C(=O)Nc2ccc(-c3noc(C(F)(F)F)n3)cc2)CC1. The zero-order valence-corrected chi connectivity index (χ0v) is 12.4. The Kier molecular flexibility index (Phi) is 4.36. The molecule has 1 aliphatic carbocycles. The third-order valence-electron chi connectivity index (χ3n) is 3.31. The van der Waals surface area contributed by atoms with Crippen LogP contribution in [0.1, 0.15) is 18.7 Å². The van der Waals surface area contributed by atoms with Crippen LogP contribution in [-0.4, -0.2) is 21.6 Å². The van der Waals surface area contributed by atoms with Crippen LogP contribution in [-0.2, 0) is 11.0 Å². The lowest BCUT2D eigenvalue weighted by atomic mass is 10.2. The lowest BCUT2D eigenvalue weighted by Crippen LogP contribution is -2.37. The first-order valence-corrected chi connectivity index (χ1v) is 6.40. The second-order valence-electron chi connectivity index (χ2n) is 5.11. The molecule has 10 heteroatoms. The predicted molar refractivity (Wildman–Crippen MR) is 76.8 cm³/mol. The first-order valence-electron chi connectivity index (χ1n) is 6.40. The Balaban J connectivity index is 0.00000192. The van der Waals surface area contributed by atoms with Gasteiger partial charge in [0, 0.05) is 11.3 Å². The van der Waals surface area contributed by atoms with Gasteiger partial charge in [0.15, 0.2) is 0 Å². The Morgan fingerprint density at radius 1 is 1.26 bits per heavy atom. The van der Waals surface area contributed by atoms with Gasteiger partial charge in [-0.05, 0) is 37.1 Å². The minimum absolute atomic E-state index is 0. The molecule has 3 N–H and O–H groups in total. The second-order valence-corrected chi connectivity index (χ2v) is 5.11. The number of nitrogens with two attached hydrogens (primary N) is 1. The largest absolute Gasteiger partial charge is 0.471 e. The van der Waals surface area contributed by atoms with Crippen molar-refractivity contribution in [2.24, 2.45) is 5.73 Å². The van der Waals surface area contributed by atoms with E-state index in [-0.39, 0.29) is 24.1 Å². The van der Waals surface area contributed by atoms with Crippen LogP contribution in [0.4, 0.5) is 18.9 Å². The van der Waals surface area contributed by atoms with Crippen molar-refractivity contribution in [3.63, 3.8) is 0 Å². The third kappa shape index (κ3) is 3.62. The van der Waals surface area contributed by atoms with Gasteiger partial charge in [-0.2, -0.15) is 18.2 Å². The quantitative estimate of drug-likeness (QED) is 0.889. The number of hydrogen-bond acceptors (Lipinski definition) is 5. The summed E-state index contributed by atoms with van der Waals surface area (Å²) in [6.45, 7) is 0. The number of anilines is 1. The lowest BCUT2D eigenvalue weighted by Gasteiger charge is -2.09. The second kappa shape index (κ2) is 5.82. The van der Waals surface area contributed by atoms with Gasteiger partial charge in [0.1, 0.15) is 0 Å². The summed E-state index contributed by atoms with van der Waals surface area (Å²) in [5.74, 6) is -1.86. The minimum Gasteiger partial charge on any atom is -0.329 e. The van der Waals surface area contributed by atoms with Crippen LogP contribution in [0, 0.1) is 0 Å². The minimum atomic E-state index is -4.68. The molecule has 0 aliphatic heterocycles. The Hall–Kier alpha value is -2.13. The molecule has 1 heterocycles. The number of aromatic nitrogens is 2. The molecule has 23 heavy (non-hydrogen) atoms. The van der Waals surface area contributed by atoms with Crippen LogP contribution in [0.2, 0.25) is 0 Å². The van der Waals surface area contributed by atoms with E-state index >= 15 is 0 Å². The van der Waals surface area contributed by atoms with Crippen molar-refractivity contribution in [1.82, 2.24) is 10.1 Å². The molecule has 0 unspecified atom stereocenters. The van der Waals surface area contributed by atoms with Crippen molar-refractivity contribution < 1.29 is 22.5 Å². The fourth-order valence-electron chi connectivity index (χ4n) is 1.78. The van der Waals surface area contributed by atoms with E-state index in [1.54, 1.807) is 0 Å². The van der Waals surface area contributed by atoms with Gasteiger partial charge < -0.3 is 15.6 Å². The summed E-state index contributed by atoms with van der Waals surface area (Å²) in [4.78, 5) is 15.0. The van der Waals surface area contributed by atoms with E-state index in [0.29, 0.717) is 24.1 Å². The van der Waals surface area contributed by atoms with E-state index in [4.69, 9.17) is 5.73 Å². The molecule has 0 spiro atoms. The fraction of sp³-hybridized carbons (Fsp3) is 0.308. The summed E-state index contributed by atoms with van der Waals surface area (Å²) in [5.41, 5.74) is 5.78. The Bertz CT molecular complexity index is 711. The number of carbonyl (C=O) groups excluding carboxylic acids is 1. The molecule has 1 fully saturated rings. The van der Waals surface area contributed by atoms with Crippen LogP contribution < -0.4 is 11.1 Å². The summed E-state index contributed by atoms with van der Waals surface area (Å²) < 4.78 is 41.3. The van der Waals surface area contributed by atoms with Gasteiger partial charge in [0.2, 0.25) is 11.7 Å². The van der Waals surface area contributed by atoms with E-state index in [2.05, 4.69) is 20.0 Å². The van der Waals surface area contributed by atoms with E-state index in [0.717, 1.165) is 0 Å². The van der Waals surface area contributed by atoms with Crippen molar-refractivity contribution >= 4 is 24.0 Å². The number of alkyl halides is 3. The fourth-order valence-corrected chi connectivity index (χ4v) is 1.78.